The number of hydrogen-bond acceptors (Lipinski definition) is 4. The summed E-state index contributed by atoms with van der Waals surface area (Å²) >= 11 is 1.39. The summed E-state index contributed by atoms with van der Waals surface area (Å²) < 4.78 is 0. The Morgan fingerprint density at radius 1 is 1.33 bits per heavy atom. The minimum Gasteiger partial charge on any atom is -0.317 e. The van der Waals surface area contributed by atoms with E-state index in [-0.39, 0.29) is 5.91 Å². The second-order valence-electron chi connectivity index (χ2n) is 6.10. The topological polar surface area (TPSA) is 56.1 Å². The van der Waals surface area contributed by atoms with E-state index in [0.29, 0.717) is 23.0 Å². The number of likely N-dealkylation sites (tertiary alicyclic amines) is 1. The maximum atomic E-state index is 12.2. The molecule has 1 N–H and O–H groups in total. The van der Waals surface area contributed by atoms with Gasteiger partial charge in [-0.3, -0.25) is 9.69 Å². The Bertz CT molecular complexity index is 720. The number of anilines is 1. The van der Waals surface area contributed by atoms with Gasteiger partial charge >= 0.3 is 0 Å². The van der Waals surface area contributed by atoms with Crippen molar-refractivity contribution < 1.29 is 4.79 Å². The summed E-state index contributed by atoms with van der Waals surface area (Å²) in [6, 6.07) is 14.9. The molecule has 1 fully saturated rings. The standard InChI is InChI=1S/C19H21N3OS/c20-14-16-9-12-24-19(16)21-18(23)8-11-22-10-4-7-17(22)13-15-5-2-1-3-6-15/h1-3,5-6,9,12,17H,4,7-8,10-11,13H2,(H,21,23)/t17-/m0/s1. The number of rotatable bonds is 6. The molecule has 1 amide bonds. The number of thiophene rings is 1. The Balaban J connectivity index is 1.50. The Morgan fingerprint density at radius 3 is 2.96 bits per heavy atom. The van der Waals surface area contributed by atoms with Crippen molar-refractivity contribution in [2.75, 3.05) is 18.4 Å². The highest BCUT2D eigenvalue weighted by Crippen LogP contribution is 2.23. The summed E-state index contributed by atoms with van der Waals surface area (Å²) in [7, 11) is 0. The van der Waals surface area contributed by atoms with Crippen molar-refractivity contribution in [3.8, 4) is 6.07 Å². The Morgan fingerprint density at radius 2 is 2.17 bits per heavy atom. The normalized spacial score (nSPS) is 17.5. The molecular weight excluding hydrogens is 318 g/mol. The Kier molecular flexibility index (Phi) is 5.63. The quantitative estimate of drug-likeness (QED) is 0.874. The molecule has 0 aliphatic carbocycles. The largest absolute Gasteiger partial charge is 0.317 e. The maximum Gasteiger partial charge on any atom is 0.226 e. The highest BCUT2D eigenvalue weighted by molar-refractivity contribution is 7.14. The zero-order chi connectivity index (χ0) is 16.8. The van der Waals surface area contributed by atoms with Crippen molar-refractivity contribution in [1.82, 2.24) is 4.90 Å². The van der Waals surface area contributed by atoms with Crippen LogP contribution in [0.15, 0.2) is 41.8 Å². The van der Waals surface area contributed by atoms with E-state index in [0.717, 1.165) is 19.5 Å². The van der Waals surface area contributed by atoms with Crippen molar-refractivity contribution in [3.05, 3.63) is 52.9 Å². The number of nitriles is 1. The molecular formula is C19H21N3OS. The Labute approximate surface area is 146 Å². The third-order valence-corrected chi connectivity index (χ3v) is 5.31. The number of benzene rings is 1. The zero-order valence-electron chi connectivity index (χ0n) is 13.6. The zero-order valence-corrected chi connectivity index (χ0v) is 14.4. The van der Waals surface area contributed by atoms with Crippen molar-refractivity contribution in [1.29, 1.82) is 5.26 Å². The van der Waals surface area contributed by atoms with Crippen LogP contribution in [0.4, 0.5) is 5.00 Å². The first-order valence-corrected chi connectivity index (χ1v) is 9.19. The molecule has 0 spiro atoms. The SMILES string of the molecule is N#Cc1ccsc1NC(=O)CCN1CCC[C@H]1Cc1ccccc1. The molecule has 124 valence electrons. The van der Waals surface area contributed by atoms with Crippen LogP contribution in [0.3, 0.4) is 0 Å². The van der Waals surface area contributed by atoms with Gasteiger partial charge in [-0.25, -0.2) is 0 Å². The molecule has 5 heteroatoms. The van der Waals surface area contributed by atoms with E-state index < -0.39 is 0 Å². The van der Waals surface area contributed by atoms with Crippen LogP contribution < -0.4 is 5.32 Å². The van der Waals surface area contributed by atoms with Crippen LogP contribution in [0.1, 0.15) is 30.4 Å². The first kappa shape index (κ1) is 16.7. The molecule has 2 aromatic rings. The van der Waals surface area contributed by atoms with E-state index in [1.807, 2.05) is 11.4 Å². The van der Waals surface area contributed by atoms with E-state index in [4.69, 9.17) is 5.26 Å². The number of amides is 1. The molecule has 1 aromatic heterocycles. The molecule has 1 atom stereocenters. The van der Waals surface area contributed by atoms with Crippen LogP contribution >= 0.6 is 11.3 Å². The number of hydrogen-bond donors (Lipinski definition) is 1. The van der Waals surface area contributed by atoms with Crippen LogP contribution in [0.25, 0.3) is 0 Å². The van der Waals surface area contributed by atoms with Gasteiger partial charge in [0, 0.05) is 19.0 Å². The van der Waals surface area contributed by atoms with Gasteiger partial charge in [-0.05, 0) is 42.8 Å². The van der Waals surface area contributed by atoms with Gasteiger partial charge in [-0.2, -0.15) is 5.26 Å². The molecule has 0 saturated carbocycles. The molecule has 2 heterocycles. The second-order valence-corrected chi connectivity index (χ2v) is 7.01. The maximum absolute atomic E-state index is 12.2. The third kappa shape index (κ3) is 4.22. The van der Waals surface area contributed by atoms with Crippen LogP contribution in [0.5, 0.6) is 0 Å². The predicted molar refractivity (Wildman–Crippen MR) is 97.0 cm³/mol. The van der Waals surface area contributed by atoms with Crippen LogP contribution in [0.2, 0.25) is 0 Å². The van der Waals surface area contributed by atoms with Gasteiger partial charge < -0.3 is 5.32 Å². The van der Waals surface area contributed by atoms with Crippen molar-refractivity contribution >= 4 is 22.2 Å². The van der Waals surface area contributed by atoms with Crippen LogP contribution in [-0.4, -0.2) is 29.9 Å². The van der Waals surface area contributed by atoms with Gasteiger partial charge in [0.05, 0.1) is 5.56 Å². The first-order valence-electron chi connectivity index (χ1n) is 8.31. The van der Waals surface area contributed by atoms with E-state index in [9.17, 15) is 4.79 Å². The molecule has 4 nitrogen and oxygen atoms in total. The van der Waals surface area contributed by atoms with Gasteiger partial charge in [0.1, 0.15) is 11.1 Å². The molecule has 1 saturated heterocycles. The van der Waals surface area contributed by atoms with E-state index >= 15 is 0 Å². The summed E-state index contributed by atoms with van der Waals surface area (Å²) in [5, 5.41) is 14.3. The average Bonchev–Trinajstić information content (AvgIpc) is 3.23. The number of nitrogens with one attached hydrogen (secondary N) is 1. The predicted octanol–water partition coefficient (Wildman–Crippen LogP) is 3.66. The monoisotopic (exact) mass is 339 g/mol. The first-order chi connectivity index (χ1) is 11.8. The summed E-state index contributed by atoms with van der Waals surface area (Å²) in [6.07, 6.45) is 3.91. The Hall–Kier alpha value is -2.16. The van der Waals surface area contributed by atoms with Gasteiger partial charge in [-0.15, -0.1) is 11.3 Å². The fourth-order valence-corrected chi connectivity index (χ4v) is 3.99. The van der Waals surface area contributed by atoms with E-state index in [2.05, 4.69) is 40.6 Å². The third-order valence-electron chi connectivity index (χ3n) is 4.48. The van der Waals surface area contributed by atoms with Crippen molar-refractivity contribution in [3.63, 3.8) is 0 Å². The lowest BCUT2D eigenvalue weighted by Gasteiger charge is -2.24. The average molecular weight is 339 g/mol. The molecule has 1 aliphatic heterocycles. The minimum atomic E-state index is -0.0145. The molecule has 3 rings (SSSR count). The lowest BCUT2D eigenvalue weighted by Crippen LogP contribution is -2.33. The molecule has 1 aromatic carbocycles. The summed E-state index contributed by atoms with van der Waals surface area (Å²) in [4.78, 5) is 14.6. The number of carbonyl (C=O) groups excluding carboxylic acids is 1. The fraction of sp³-hybridized carbons (Fsp3) is 0.368. The van der Waals surface area contributed by atoms with Crippen molar-refractivity contribution in [2.45, 2.75) is 31.7 Å². The van der Waals surface area contributed by atoms with Gasteiger partial charge in [0.2, 0.25) is 5.91 Å². The summed E-state index contributed by atoms with van der Waals surface area (Å²) in [5.74, 6) is -0.0145. The van der Waals surface area contributed by atoms with Gasteiger partial charge in [0.15, 0.2) is 0 Å². The highest BCUT2D eigenvalue weighted by atomic mass is 32.1. The number of carbonyl (C=O) groups is 1. The molecule has 0 unspecified atom stereocenters. The number of nitrogens with zero attached hydrogens (tertiary/aromatic N) is 2. The van der Waals surface area contributed by atoms with Gasteiger partial charge in [0.25, 0.3) is 0 Å². The minimum absolute atomic E-state index is 0.0145. The molecule has 24 heavy (non-hydrogen) atoms. The highest BCUT2D eigenvalue weighted by Gasteiger charge is 2.24. The second kappa shape index (κ2) is 8.09. The van der Waals surface area contributed by atoms with Crippen LogP contribution in [0, 0.1) is 11.3 Å². The summed E-state index contributed by atoms with van der Waals surface area (Å²) in [5.41, 5.74) is 1.90. The molecule has 0 bridgehead atoms. The fourth-order valence-electron chi connectivity index (χ4n) is 3.24. The van der Waals surface area contributed by atoms with E-state index in [1.54, 1.807) is 6.07 Å². The molecule has 1 aliphatic rings. The van der Waals surface area contributed by atoms with E-state index in [1.165, 1.54) is 29.7 Å². The molecule has 0 radical (unpaired) electrons. The van der Waals surface area contributed by atoms with Crippen molar-refractivity contribution in [2.24, 2.45) is 0 Å². The van der Waals surface area contributed by atoms with Crippen LogP contribution in [-0.2, 0) is 11.2 Å². The summed E-state index contributed by atoms with van der Waals surface area (Å²) in [6.45, 7) is 1.84. The smallest absolute Gasteiger partial charge is 0.226 e. The van der Waals surface area contributed by atoms with Gasteiger partial charge in [-0.1, -0.05) is 30.3 Å². The lowest BCUT2D eigenvalue weighted by atomic mass is 10.0. The lowest BCUT2D eigenvalue weighted by molar-refractivity contribution is -0.116.